The topological polar surface area (TPSA) is 53.2 Å². The van der Waals surface area contributed by atoms with E-state index in [4.69, 9.17) is 9.73 Å². The SMILES string of the molecule is CCCCCCCCCCCC1=C/C(=C/c2[nH]c(-c3ccc[nH]3)cc2OC)N=C1C. The van der Waals surface area contributed by atoms with Gasteiger partial charge in [0.05, 0.1) is 29.9 Å². The fourth-order valence-corrected chi connectivity index (χ4v) is 4.05. The summed E-state index contributed by atoms with van der Waals surface area (Å²) in [5.74, 6) is 0.834. The minimum absolute atomic E-state index is 0.834. The predicted molar refractivity (Wildman–Crippen MR) is 128 cm³/mol. The van der Waals surface area contributed by atoms with E-state index in [1.807, 2.05) is 24.4 Å². The van der Waals surface area contributed by atoms with Crippen LogP contribution in [0.2, 0.25) is 0 Å². The Morgan fingerprint density at radius 2 is 1.73 bits per heavy atom. The first-order valence-corrected chi connectivity index (χ1v) is 11.6. The minimum Gasteiger partial charge on any atom is -0.494 e. The van der Waals surface area contributed by atoms with Crippen molar-refractivity contribution in [1.29, 1.82) is 0 Å². The second kappa shape index (κ2) is 11.6. The molecule has 0 amide bonds. The first kappa shape index (κ1) is 22.2. The number of aromatic nitrogens is 2. The van der Waals surface area contributed by atoms with Gasteiger partial charge in [0.25, 0.3) is 0 Å². The number of aliphatic imine (C=N–C) groups is 1. The van der Waals surface area contributed by atoms with Crippen molar-refractivity contribution in [3.63, 3.8) is 0 Å². The Hall–Kier alpha value is -2.49. The Labute approximate surface area is 181 Å². The number of nitrogens with one attached hydrogen (secondary N) is 2. The van der Waals surface area contributed by atoms with Crippen LogP contribution >= 0.6 is 0 Å². The third-order valence-corrected chi connectivity index (χ3v) is 5.84. The van der Waals surface area contributed by atoms with Gasteiger partial charge in [0.2, 0.25) is 0 Å². The van der Waals surface area contributed by atoms with Crippen LogP contribution in [0.3, 0.4) is 0 Å². The van der Waals surface area contributed by atoms with E-state index in [9.17, 15) is 0 Å². The molecule has 1 aliphatic heterocycles. The predicted octanol–water partition coefficient (Wildman–Crippen LogP) is 7.68. The smallest absolute Gasteiger partial charge is 0.144 e. The molecule has 0 fully saturated rings. The van der Waals surface area contributed by atoms with Gasteiger partial charge in [-0.25, -0.2) is 0 Å². The van der Waals surface area contributed by atoms with Gasteiger partial charge in [-0.3, -0.25) is 4.99 Å². The zero-order chi connectivity index (χ0) is 21.2. The van der Waals surface area contributed by atoms with E-state index in [0.29, 0.717) is 0 Å². The number of unbranched alkanes of at least 4 members (excludes halogenated alkanes) is 8. The summed E-state index contributed by atoms with van der Waals surface area (Å²) in [6, 6.07) is 6.06. The number of aromatic amines is 2. The number of rotatable bonds is 13. The second-order valence-electron chi connectivity index (χ2n) is 8.26. The van der Waals surface area contributed by atoms with Gasteiger partial charge in [0.1, 0.15) is 5.75 Å². The van der Waals surface area contributed by atoms with Crippen molar-refractivity contribution in [2.45, 2.75) is 78.1 Å². The normalized spacial score (nSPS) is 15.0. The number of allylic oxidation sites excluding steroid dienone is 2. The van der Waals surface area contributed by atoms with Crippen LogP contribution in [-0.2, 0) is 0 Å². The molecule has 4 nitrogen and oxygen atoms in total. The average molecular weight is 408 g/mol. The molecular formula is C26H37N3O. The number of hydrogen-bond donors (Lipinski definition) is 2. The van der Waals surface area contributed by atoms with Crippen molar-refractivity contribution in [3.8, 4) is 17.1 Å². The average Bonchev–Trinajstić information content (AvgIpc) is 3.47. The maximum atomic E-state index is 5.56. The van der Waals surface area contributed by atoms with Crippen molar-refractivity contribution >= 4 is 11.8 Å². The molecule has 2 N–H and O–H groups in total. The summed E-state index contributed by atoms with van der Waals surface area (Å²) in [5, 5.41) is 0. The van der Waals surface area contributed by atoms with Crippen LogP contribution in [-0.4, -0.2) is 22.8 Å². The summed E-state index contributed by atoms with van der Waals surface area (Å²) in [7, 11) is 1.71. The van der Waals surface area contributed by atoms with Gasteiger partial charge >= 0.3 is 0 Å². The number of hydrogen-bond acceptors (Lipinski definition) is 2. The summed E-state index contributed by atoms with van der Waals surface area (Å²) in [4.78, 5) is 11.4. The fraction of sp³-hybridized carbons (Fsp3) is 0.500. The zero-order valence-corrected chi connectivity index (χ0v) is 18.9. The lowest BCUT2D eigenvalue weighted by molar-refractivity contribution is 0.414. The maximum Gasteiger partial charge on any atom is 0.144 e. The molecule has 4 heteroatoms. The molecule has 2 aromatic rings. The molecule has 0 unspecified atom stereocenters. The Kier molecular flexibility index (Phi) is 8.61. The van der Waals surface area contributed by atoms with Crippen molar-refractivity contribution in [1.82, 2.24) is 9.97 Å². The van der Waals surface area contributed by atoms with E-state index in [2.05, 4.69) is 36.0 Å². The standard InChI is InChI=1S/C26H37N3O/c1-4-5-6-7-8-9-10-11-12-14-21-17-22(28-20(21)2)18-25-26(30-3)19-24(29-25)23-15-13-16-27-23/h13,15-19,27,29H,4-12,14H2,1-3H3/b22-18-. The highest BCUT2D eigenvalue weighted by atomic mass is 16.5. The zero-order valence-electron chi connectivity index (χ0n) is 18.9. The molecule has 0 bridgehead atoms. The van der Waals surface area contributed by atoms with Gasteiger partial charge < -0.3 is 14.7 Å². The third kappa shape index (κ3) is 6.25. The Morgan fingerprint density at radius 1 is 1.00 bits per heavy atom. The summed E-state index contributed by atoms with van der Waals surface area (Å²) >= 11 is 0. The first-order valence-electron chi connectivity index (χ1n) is 11.6. The fourth-order valence-electron chi connectivity index (χ4n) is 4.05. The van der Waals surface area contributed by atoms with Crippen LogP contribution in [0.25, 0.3) is 17.5 Å². The highest BCUT2D eigenvalue weighted by Gasteiger charge is 2.14. The van der Waals surface area contributed by atoms with E-state index in [-0.39, 0.29) is 0 Å². The van der Waals surface area contributed by atoms with Gasteiger partial charge in [-0.2, -0.15) is 0 Å². The molecular weight excluding hydrogens is 370 g/mol. The second-order valence-corrected chi connectivity index (χ2v) is 8.26. The molecule has 0 atom stereocenters. The van der Waals surface area contributed by atoms with Gasteiger partial charge in [-0.05, 0) is 49.6 Å². The van der Waals surface area contributed by atoms with E-state index in [1.165, 1.54) is 63.4 Å². The Balaban J connectivity index is 1.50. The lowest BCUT2D eigenvalue weighted by atomic mass is 10.0. The lowest BCUT2D eigenvalue weighted by Crippen LogP contribution is -1.93. The number of ether oxygens (including phenoxy) is 1. The molecule has 162 valence electrons. The van der Waals surface area contributed by atoms with Gasteiger partial charge in [0.15, 0.2) is 0 Å². The van der Waals surface area contributed by atoms with E-state index >= 15 is 0 Å². The summed E-state index contributed by atoms with van der Waals surface area (Å²) in [6.45, 7) is 4.40. The third-order valence-electron chi connectivity index (χ3n) is 5.84. The Bertz CT molecular complexity index is 868. The van der Waals surface area contributed by atoms with Crippen LogP contribution in [0.15, 0.2) is 46.7 Å². The molecule has 0 spiro atoms. The summed E-state index contributed by atoms with van der Waals surface area (Å²) in [5.41, 5.74) is 6.54. The van der Waals surface area contributed by atoms with Crippen molar-refractivity contribution < 1.29 is 4.74 Å². The van der Waals surface area contributed by atoms with Crippen molar-refractivity contribution in [3.05, 3.63) is 47.4 Å². The molecule has 30 heavy (non-hydrogen) atoms. The van der Waals surface area contributed by atoms with Crippen LogP contribution in [0, 0.1) is 0 Å². The maximum absolute atomic E-state index is 5.56. The van der Waals surface area contributed by atoms with Crippen LogP contribution in [0.1, 0.15) is 83.7 Å². The molecule has 0 aliphatic carbocycles. The quantitative estimate of drug-likeness (QED) is 0.329. The largest absolute Gasteiger partial charge is 0.494 e. The number of methoxy groups -OCH3 is 1. The summed E-state index contributed by atoms with van der Waals surface area (Å²) in [6.07, 6.45) is 19.6. The van der Waals surface area contributed by atoms with Gasteiger partial charge in [-0.15, -0.1) is 0 Å². The van der Waals surface area contributed by atoms with Crippen molar-refractivity contribution in [2.24, 2.45) is 4.99 Å². The van der Waals surface area contributed by atoms with Crippen LogP contribution in [0.4, 0.5) is 0 Å². The van der Waals surface area contributed by atoms with E-state index < -0.39 is 0 Å². The van der Waals surface area contributed by atoms with Gasteiger partial charge in [-0.1, -0.05) is 58.3 Å². The molecule has 3 heterocycles. The highest BCUT2D eigenvalue weighted by molar-refractivity contribution is 6.02. The Morgan fingerprint density at radius 3 is 2.40 bits per heavy atom. The van der Waals surface area contributed by atoms with E-state index in [1.54, 1.807) is 7.11 Å². The van der Waals surface area contributed by atoms with Crippen LogP contribution in [0.5, 0.6) is 5.75 Å². The molecule has 1 aliphatic rings. The molecule has 0 radical (unpaired) electrons. The van der Waals surface area contributed by atoms with E-state index in [0.717, 1.165) is 40.7 Å². The van der Waals surface area contributed by atoms with Crippen LogP contribution < -0.4 is 4.74 Å². The molecule has 0 saturated heterocycles. The molecule has 3 rings (SSSR count). The summed E-state index contributed by atoms with van der Waals surface area (Å²) < 4.78 is 5.56. The minimum atomic E-state index is 0.834. The molecule has 0 saturated carbocycles. The highest BCUT2D eigenvalue weighted by Crippen LogP contribution is 2.30. The molecule has 2 aromatic heterocycles. The van der Waals surface area contributed by atoms with Gasteiger partial charge in [0, 0.05) is 18.0 Å². The lowest BCUT2D eigenvalue weighted by Gasteiger charge is -2.03. The first-order chi connectivity index (χ1) is 14.7. The number of nitrogens with zero attached hydrogens (tertiary/aromatic N) is 1. The monoisotopic (exact) mass is 407 g/mol. The number of H-pyrrole nitrogens is 2. The molecule has 0 aromatic carbocycles. The van der Waals surface area contributed by atoms with Crippen molar-refractivity contribution in [2.75, 3.05) is 7.11 Å².